The van der Waals surface area contributed by atoms with Gasteiger partial charge < -0.3 is 10.2 Å². The van der Waals surface area contributed by atoms with Crippen molar-refractivity contribution < 1.29 is 10.2 Å². The molecular formula is C12H10O2S. The lowest BCUT2D eigenvalue weighted by Gasteiger charge is -2.05. The summed E-state index contributed by atoms with van der Waals surface area (Å²) in [5.41, 5.74) is 0. The second-order valence-electron chi connectivity index (χ2n) is 3.04. The highest BCUT2D eigenvalue weighted by Crippen LogP contribution is 2.37. The molecule has 2 aromatic carbocycles. The molecule has 2 N–H and O–H groups in total. The molecule has 0 aliphatic heterocycles. The summed E-state index contributed by atoms with van der Waals surface area (Å²) >= 11 is 1.34. The van der Waals surface area contributed by atoms with E-state index in [1.807, 2.05) is 24.3 Å². The highest BCUT2D eigenvalue weighted by atomic mass is 32.2. The molecule has 0 saturated heterocycles. The molecule has 2 rings (SSSR count). The fourth-order valence-corrected chi connectivity index (χ4v) is 2.08. The molecular weight excluding hydrogens is 208 g/mol. The van der Waals surface area contributed by atoms with E-state index >= 15 is 0 Å². The SMILES string of the molecule is Oc1ccccc1Sc1ccccc1O. The van der Waals surface area contributed by atoms with Gasteiger partial charge in [-0.1, -0.05) is 36.0 Å². The number of aromatic hydroxyl groups is 2. The smallest absolute Gasteiger partial charge is 0.129 e. The average molecular weight is 218 g/mol. The Morgan fingerprint density at radius 2 is 1.07 bits per heavy atom. The standard InChI is InChI=1S/C12H10O2S/c13-9-5-1-3-7-11(9)15-12-8-4-2-6-10(12)14/h1-8,13-14H. The fraction of sp³-hybridized carbons (Fsp3) is 0. The van der Waals surface area contributed by atoms with Gasteiger partial charge in [-0.05, 0) is 24.3 Å². The monoisotopic (exact) mass is 218 g/mol. The molecule has 0 bridgehead atoms. The quantitative estimate of drug-likeness (QED) is 0.812. The van der Waals surface area contributed by atoms with Crippen LogP contribution in [-0.2, 0) is 0 Å². The molecule has 0 radical (unpaired) electrons. The van der Waals surface area contributed by atoms with Crippen LogP contribution in [0.1, 0.15) is 0 Å². The van der Waals surface area contributed by atoms with Gasteiger partial charge in [-0.2, -0.15) is 0 Å². The van der Waals surface area contributed by atoms with E-state index in [2.05, 4.69) is 0 Å². The number of hydrogen-bond acceptors (Lipinski definition) is 3. The summed E-state index contributed by atoms with van der Waals surface area (Å²) in [6.07, 6.45) is 0. The van der Waals surface area contributed by atoms with Crippen molar-refractivity contribution in [3.05, 3.63) is 48.5 Å². The highest BCUT2D eigenvalue weighted by Gasteiger charge is 2.05. The van der Waals surface area contributed by atoms with Crippen molar-refractivity contribution in [2.45, 2.75) is 9.79 Å². The second-order valence-corrected chi connectivity index (χ2v) is 4.12. The predicted octanol–water partition coefficient (Wildman–Crippen LogP) is 3.25. The van der Waals surface area contributed by atoms with Crippen LogP contribution in [0.15, 0.2) is 58.3 Å². The number of benzene rings is 2. The van der Waals surface area contributed by atoms with Crippen LogP contribution in [0.5, 0.6) is 11.5 Å². The summed E-state index contributed by atoms with van der Waals surface area (Å²) in [4.78, 5) is 1.47. The zero-order valence-electron chi connectivity index (χ0n) is 7.92. The van der Waals surface area contributed by atoms with Gasteiger partial charge in [0.15, 0.2) is 0 Å². The molecule has 0 fully saturated rings. The number of phenolic OH excluding ortho intramolecular Hbond substituents is 2. The van der Waals surface area contributed by atoms with E-state index in [0.717, 1.165) is 9.79 Å². The second kappa shape index (κ2) is 4.28. The van der Waals surface area contributed by atoms with Gasteiger partial charge in [0.05, 0.1) is 9.79 Å². The molecule has 0 aromatic heterocycles. The third-order valence-corrected chi connectivity index (χ3v) is 3.08. The maximum absolute atomic E-state index is 9.56. The van der Waals surface area contributed by atoms with Gasteiger partial charge in [-0.3, -0.25) is 0 Å². The normalized spacial score (nSPS) is 10.1. The summed E-state index contributed by atoms with van der Waals surface area (Å²) in [7, 11) is 0. The van der Waals surface area contributed by atoms with Crippen LogP contribution in [0.3, 0.4) is 0 Å². The van der Waals surface area contributed by atoms with Crippen LogP contribution in [-0.4, -0.2) is 10.2 Å². The zero-order chi connectivity index (χ0) is 10.7. The van der Waals surface area contributed by atoms with Crippen LogP contribution in [0, 0.1) is 0 Å². The molecule has 3 heteroatoms. The molecule has 0 aliphatic carbocycles. The van der Waals surface area contributed by atoms with E-state index in [0.29, 0.717) is 0 Å². The van der Waals surface area contributed by atoms with Crippen LogP contribution < -0.4 is 0 Å². The van der Waals surface area contributed by atoms with Crippen molar-refractivity contribution in [3.8, 4) is 11.5 Å². The molecule has 2 nitrogen and oxygen atoms in total. The third-order valence-electron chi connectivity index (χ3n) is 1.95. The number of phenols is 2. The van der Waals surface area contributed by atoms with Crippen molar-refractivity contribution in [3.63, 3.8) is 0 Å². The third kappa shape index (κ3) is 2.25. The summed E-state index contributed by atoms with van der Waals surface area (Å²) < 4.78 is 0. The lowest BCUT2D eigenvalue weighted by Crippen LogP contribution is -1.75. The van der Waals surface area contributed by atoms with Crippen molar-refractivity contribution in [2.75, 3.05) is 0 Å². The predicted molar refractivity (Wildman–Crippen MR) is 60.3 cm³/mol. The van der Waals surface area contributed by atoms with Gasteiger partial charge in [0.2, 0.25) is 0 Å². The minimum atomic E-state index is 0.228. The summed E-state index contributed by atoms with van der Waals surface area (Å²) in [5.74, 6) is 0.455. The van der Waals surface area contributed by atoms with Crippen molar-refractivity contribution in [1.82, 2.24) is 0 Å². The van der Waals surface area contributed by atoms with Gasteiger partial charge in [0, 0.05) is 0 Å². The average Bonchev–Trinajstić information content (AvgIpc) is 2.24. The summed E-state index contributed by atoms with van der Waals surface area (Å²) in [6.45, 7) is 0. The van der Waals surface area contributed by atoms with Crippen molar-refractivity contribution >= 4 is 11.8 Å². The maximum atomic E-state index is 9.56. The van der Waals surface area contributed by atoms with Crippen LogP contribution in [0.4, 0.5) is 0 Å². The van der Waals surface area contributed by atoms with E-state index in [9.17, 15) is 10.2 Å². The van der Waals surface area contributed by atoms with Gasteiger partial charge in [0.25, 0.3) is 0 Å². The lowest BCUT2D eigenvalue weighted by atomic mass is 10.3. The maximum Gasteiger partial charge on any atom is 0.129 e. The first kappa shape index (κ1) is 9.93. The van der Waals surface area contributed by atoms with E-state index in [4.69, 9.17) is 0 Å². The Balaban J connectivity index is 2.30. The summed E-state index contributed by atoms with van der Waals surface area (Å²) in [5, 5.41) is 19.1. The number of rotatable bonds is 2. The molecule has 0 aliphatic rings. The minimum Gasteiger partial charge on any atom is -0.507 e. The first-order chi connectivity index (χ1) is 7.27. The Labute approximate surface area is 92.2 Å². The number of para-hydroxylation sites is 2. The number of hydrogen-bond donors (Lipinski definition) is 2. The van der Waals surface area contributed by atoms with Gasteiger partial charge in [-0.15, -0.1) is 0 Å². The van der Waals surface area contributed by atoms with Crippen molar-refractivity contribution in [2.24, 2.45) is 0 Å². The van der Waals surface area contributed by atoms with Crippen LogP contribution in [0.25, 0.3) is 0 Å². The Morgan fingerprint density at radius 1 is 0.667 bits per heavy atom. The van der Waals surface area contributed by atoms with E-state index in [1.165, 1.54) is 11.8 Å². The molecule has 0 atom stereocenters. The molecule has 0 amide bonds. The van der Waals surface area contributed by atoms with Gasteiger partial charge >= 0.3 is 0 Å². The van der Waals surface area contributed by atoms with E-state index in [-0.39, 0.29) is 11.5 Å². The highest BCUT2D eigenvalue weighted by molar-refractivity contribution is 7.99. The largest absolute Gasteiger partial charge is 0.507 e. The Bertz CT molecular complexity index is 425. The molecule has 0 unspecified atom stereocenters. The molecule has 2 aromatic rings. The van der Waals surface area contributed by atoms with E-state index < -0.39 is 0 Å². The molecule has 76 valence electrons. The minimum absolute atomic E-state index is 0.228. The van der Waals surface area contributed by atoms with Crippen LogP contribution in [0.2, 0.25) is 0 Å². The van der Waals surface area contributed by atoms with E-state index in [1.54, 1.807) is 24.3 Å². The Morgan fingerprint density at radius 3 is 1.47 bits per heavy atom. The fourth-order valence-electron chi connectivity index (χ4n) is 1.21. The van der Waals surface area contributed by atoms with Gasteiger partial charge in [-0.25, -0.2) is 0 Å². The lowest BCUT2D eigenvalue weighted by molar-refractivity contribution is 0.460. The zero-order valence-corrected chi connectivity index (χ0v) is 8.74. The molecule has 0 heterocycles. The van der Waals surface area contributed by atoms with Crippen molar-refractivity contribution in [1.29, 1.82) is 0 Å². The molecule has 0 saturated carbocycles. The molecule has 15 heavy (non-hydrogen) atoms. The van der Waals surface area contributed by atoms with Crippen LogP contribution >= 0.6 is 11.8 Å². The topological polar surface area (TPSA) is 40.5 Å². The first-order valence-electron chi connectivity index (χ1n) is 4.51. The van der Waals surface area contributed by atoms with Gasteiger partial charge in [0.1, 0.15) is 11.5 Å². The Kier molecular flexibility index (Phi) is 2.83. The Hall–Kier alpha value is -1.61. The summed E-state index contributed by atoms with van der Waals surface area (Å²) in [6, 6.07) is 14.1. The molecule has 0 spiro atoms. The first-order valence-corrected chi connectivity index (χ1v) is 5.33.